The zero-order valence-corrected chi connectivity index (χ0v) is 5.17. The second-order valence-electron chi connectivity index (χ2n) is 2.24. The summed E-state index contributed by atoms with van der Waals surface area (Å²) in [5.74, 6) is -1.02. The smallest absolute Gasteiger partial charge is 0.0239 e. The molecule has 1 aliphatic rings. The van der Waals surface area contributed by atoms with Crippen molar-refractivity contribution < 1.29 is 9.90 Å². The standard InChI is InChI=1S/C6H10NO2/c8-6(9)5-3-1-2-4-7-5/h5H,1-4H2,(H,8,9)/q-1/p-1/t5-/m0/s1. The van der Waals surface area contributed by atoms with Crippen LogP contribution in [0.2, 0.25) is 0 Å². The van der Waals surface area contributed by atoms with Gasteiger partial charge in [-0.25, -0.2) is 0 Å². The highest BCUT2D eigenvalue weighted by Crippen LogP contribution is 2.16. The quantitative estimate of drug-likeness (QED) is 0.484. The molecule has 0 saturated carbocycles. The summed E-state index contributed by atoms with van der Waals surface area (Å²) in [6.07, 6.45) is 2.67. The molecule has 9 heavy (non-hydrogen) atoms. The van der Waals surface area contributed by atoms with E-state index in [2.05, 4.69) is 5.32 Å². The predicted octanol–water partition coefficient (Wildman–Crippen LogP) is -0.338. The number of hydrogen-bond acceptors (Lipinski definition) is 2. The van der Waals surface area contributed by atoms with Crippen LogP contribution in [-0.4, -0.2) is 18.6 Å². The summed E-state index contributed by atoms with van der Waals surface area (Å²) in [5.41, 5.74) is 0. The molecular weight excluding hydrogens is 118 g/mol. The zero-order valence-electron chi connectivity index (χ0n) is 5.17. The van der Waals surface area contributed by atoms with Gasteiger partial charge < -0.3 is 15.2 Å². The van der Waals surface area contributed by atoms with E-state index in [0.717, 1.165) is 12.8 Å². The molecule has 0 aliphatic carbocycles. The average molecular weight is 127 g/mol. The summed E-state index contributed by atoms with van der Waals surface area (Å²) in [6, 6.07) is -0.515. The van der Waals surface area contributed by atoms with Crippen molar-refractivity contribution in [1.82, 2.24) is 0 Å². The molecule has 0 radical (unpaired) electrons. The Morgan fingerprint density at radius 3 is 2.67 bits per heavy atom. The van der Waals surface area contributed by atoms with Crippen molar-refractivity contribution in [3.05, 3.63) is 5.32 Å². The van der Waals surface area contributed by atoms with Gasteiger partial charge in [-0.15, -0.1) is 6.54 Å². The first-order valence-corrected chi connectivity index (χ1v) is 3.18. The lowest BCUT2D eigenvalue weighted by Crippen LogP contribution is -2.36. The molecule has 0 aromatic rings. The van der Waals surface area contributed by atoms with Gasteiger partial charge in [0, 0.05) is 5.97 Å². The third-order valence-electron chi connectivity index (χ3n) is 1.51. The molecule has 1 heterocycles. The fourth-order valence-corrected chi connectivity index (χ4v) is 0.980. The van der Waals surface area contributed by atoms with Gasteiger partial charge in [0.05, 0.1) is 0 Å². The second-order valence-corrected chi connectivity index (χ2v) is 2.24. The van der Waals surface area contributed by atoms with Crippen molar-refractivity contribution in [3.63, 3.8) is 0 Å². The second kappa shape index (κ2) is 2.82. The molecule has 0 bridgehead atoms. The van der Waals surface area contributed by atoms with Crippen LogP contribution in [0.1, 0.15) is 19.3 Å². The Hall–Kier alpha value is -0.570. The first-order chi connectivity index (χ1) is 4.30. The highest BCUT2D eigenvalue weighted by molar-refractivity contribution is 5.74. The summed E-state index contributed by atoms with van der Waals surface area (Å²) in [5, 5.41) is 14.0. The van der Waals surface area contributed by atoms with Crippen molar-refractivity contribution in [2.24, 2.45) is 0 Å². The van der Waals surface area contributed by atoms with Crippen molar-refractivity contribution in [3.8, 4) is 0 Å². The molecule has 0 spiro atoms. The lowest BCUT2D eigenvalue weighted by molar-refractivity contribution is -0.306. The predicted molar refractivity (Wildman–Crippen MR) is 30.9 cm³/mol. The molecule has 3 heteroatoms. The molecule has 0 aromatic heterocycles. The van der Waals surface area contributed by atoms with E-state index in [1.54, 1.807) is 0 Å². The van der Waals surface area contributed by atoms with Crippen molar-refractivity contribution in [2.45, 2.75) is 25.3 Å². The molecule has 1 fully saturated rings. The number of carbonyl (C=O) groups is 1. The van der Waals surface area contributed by atoms with Crippen LogP contribution < -0.4 is 5.11 Å². The van der Waals surface area contributed by atoms with E-state index in [4.69, 9.17) is 0 Å². The highest BCUT2D eigenvalue weighted by atomic mass is 16.4. The fraction of sp³-hybridized carbons (Fsp3) is 0.833. The first kappa shape index (κ1) is 6.55. The molecule has 1 rings (SSSR count). The summed E-state index contributed by atoms with van der Waals surface area (Å²) >= 11 is 0. The van der Waals surface area contributed by atoms with E-state index >= 15 is 0 Å². The Morgan fingerprint density at radius 1 is 1.56 bits per heavy atom. The van der Waals surface area contributed by atoms with Gasteiger partial charge in [0.15, 0.2) is 0 Å². The molecule has 0 amide bonds. The van der Waals surface area contributed by atoms with Crippen LogP contribution in [0.15, 0.2) is 0 Å². The number of aliphatic carboxylic acids is 1. The highest BCUT2D eigenvalue weighted by Gasteiger charge is 2.01. The number of carboxylic acids is 1. The first-order valence-electron chi connectivity index (χ1n) is 3.18. The SMILES string of the molecule is O=C([O-])[C@@H]1CCCC[N-]1. The summed E-state index contributed by atoms with van der Waals surface area (Å²) < 4.78 is 0. The summed E-state index contributed by atoms with van der Waals surface area (Å²) in [4.78, 5) is 10.1. The van der Waals surface area contributed by atoms with Crippen LogP contribution in [0.4, 0.5) is 0 Å². The molecule has 0 unspecified atom stereocenters. The van der Waals surface area contributed by atoms with Crippen LogP contribution in [0.3, 0.4) is 0 Å². The van der Waals surface area contributed by atoms with Gasteiger partial charge in [-0.3, -0.25) is 0 Å². The number of hydrogen-bond donors (Lipinski definition) is 0. The molecule has 3 nitrogen and oxygen atoms in total. The number of nitrogens with zero attached hydrogens (tertiary/aromatic N) is 1. The molecule has 52 valence electrons. The summed E-state index contributed by atoms with van der Waals surface area (Å²) in [6.45, 7) is 0.693. The maximum atomic E-state index is 10.1. The zero-order chi connectivity index (χ0) is 6.69. The van der Waals surface area contributed by atoms with Crippen LogP contribution in [0, 0.1) is 0 Å². The normalized spacial score (nSPS) is 27.8. The van der Waals surface area contributed by atoms with Gasteiger partial charge in [0.1, 0.15) is 0 Å². The van der Waals surface area contributed by atoms with E-state index in [1.807, 2.05) is 0 Å². The molecule has 0 N–H and O–H groups in total. The number of carbonyl (C=O) groups excluding carboxylic acids is 1. The fourth-order valence-electron chi connectivity index (χ4n) is 0.980. The van der Waals surface area contributed by atoms with Gasteiger partial charge in [-0.1, -0.05) is 25.3 Å². The lowest BCUT2D eigenvalue weighted by Gasteiger charge is -2.36. The van der Waals surface area contributed by atoms with E-state index in [0.29, 0.717) is 13.0 Å². The minimum Gasteiger partial charge on any atom is -0.655 e. The Kier molecular flexibility index (Phi) is 2.05. The van der Waals surface area contributed by atoms with E-state index in [1.165, 1.54) is 0 Å². The average Bonchev–Trinajstić information content (AvgIpc) is 1.90. The van der Waals surface area contributed by atoms with Gasteiger partial charge in [0.2, 0.25) is 0 Å². The molecule has 1 atom stereocenters. The Morgan fingerprint density at radius 2 is 2.33 bits per heavy atom. The third kappa shape index (κ3) is 1.68. The number of piperidine rings is 1. The molecule has 1 aliphatic heterocycles. The minimum atomic E-state index is -1.02. The maximum absolute atomic E-state index is 10.1. The van der Waals surface area contributed by atoms with Crippen molar-refractivity contribution in [2.75, 3.05) is 6.54 Å². The molecule has 1 saturated heterocycles. The lowest BCUT2D eigenvalue weighted by atomic mass is 10.1. The molecule has 0 aromatic carbocycles. The largest absolute Gasteiger partial charge is 0.655 e. The third-order valence-corrected chi connectivity index (χ3v) is 1.51. The van der Waals surface area contributed by atoms with Gasteiger partial charge in [-0.05, 0) is 0 Å². The van der Waals surface area contributed by atoms with Crippen LogP contribution in [-0.2, 0) is 4.79 Å². The Bertz CT molecular complexity index is 108. The summed E-state index contributed by atoms with van der Waals surface area (Å²) in [7, 11) is 0. The topological polar surface area (TPSA) is 54.2 Å². The van der Waals surface area contributed by atoms with Crippen LogP contribution in [0.25, 0.3) is 5.32 Å². The number of carboxylic acid groups (broad SMARTS) is 1. The van der Waals surface area contributed by atoms with Crippen molar-refractivity contribution in [1.29, 1.82) is 0 Å². The maximum Gasteiger partial charge on any atom is 0.0239 e. The van der Waals surface area contributed by atoms with Gasteiger partial charge in [-0.2, -0.15) is 0 Å². The Labute approximate surface area is 54.1 Å². The number of rotatable bonds is 1. The van der Waals surface area contributed by atoms with Gasteiger partial charge >= 0.3 is 0 Å². The van der Waals surface area contributed by atoms with E-state index in [9.17, 15) is 9.90 Å². The monoisotopic (exact) mass is 127 g/mol. The minimum absolute atomic E-state index is 0.515. The van der Waals surface area contributed by atoms with E-state index in [-0.39, 0.29) is 0 Å². The van der Waals surface area contributed by atoms with E-state index < -0.39 is 12.0 Å². The molecular formula is C6H9NO2-2. The van der Waals surface area contributed by atoms with Gasteiger partial charge in [0.25, 0.3) is 0 Å². The Balaban J connectivity index is 2.31. The van der Waals surface area contributed by atoms with Crippen LogP contribution in [0.5, 0.6) is 0 Å². The van der Waals surface area contributed by atoms with Crippen molar-refractivity contribution >= 4 is 5.97 Å². The van der Waals surface area contributed by atoms with Crippen LogP contribution >= 0.6 is 0 Å².